The molecule has 1 heterocycles. The summed E-state index contributed by atoms with van der Waals surface area (Å²) in [6, 6.07) is 5.62. The van der Waals surface area contributed by atoms with Crippen LogP contribution in [0.2, 0.25) is 0 Å². The molecule has 0 aliphatic carbocycles. The fourth-order valence-electron chi connectivity index (χ4n) is 2.21. The van der Waals surface area contributed by atoms with Crippen LogP contribution in [-0.4, -0.2) is 25.0 Å². The van der Waals surface area contributed by atoms with Crippen LogP contribution in [0.3, 0.4) is 0 Å². The van der Waals surface area contributed by atoms with E-state index in [9.17, 15) is 9.59 Å². The highest BCUT2D eigenvalue weighted by molar-refractivity contribution is 5.88. The van der Waals surface area contributed by atoms with Crippen LogP contribution in [0.5, 0.6) is 0 Å². The number of carbonyl (C=O) groups is 2. The molecule has 0 aliphatic heterocycles. The van der Waals surface area contributed by atoms with Gasteiger partial charge >= 0.3 is 5.97 Å². The monoisotopic (exact) mass is 289 g/mol. The topological polar surface area (TPSA) is 68.5 Å². The van der Waals surface area contributed by atoms with Gasteiger partial charge in [0.15, 0.2) is 0 Å². The SMILES string of the molecule is COC(=O)CC(C)NC(=O)Cc1coc2cc(C)ccc12. The quantitative estimate of drug-likeness (QED) is 0.858. The molecule has 1 unspecified atom stereocenters. The first-order valence-corrected chi connectivity index (χ1v) is 6.82. The standard InChI is InChI=1S/C16H19NO4/c1-10-4-5-13-12(9-21-14(13)6-10)8-15(18)17-11(2)7-16(19)20-3/h4-6,9,11H,7-8H2,1-3H3,(H,17,18). The van der Waals surface area contributed by atoms with Crippen molar-refractivity contribution in [3.8, 4) is 0 Å². The second-order valence-corrected chi connectivity index (χ2v) is 5.19. The number of amides is 1. The molecule has 112 valence electrons. The van der Waals surface area contributed by atoms with Crippen molar-refractivity contribution in [2.45, 2.75) is 32.7 Å². The summed E-state index contributed by atoms with van der Waals surface area (Å²) in [6.45, 7) is 3.76. The van der Waals surface area contributed by atoms with Gasteiger partial charge in [-0.15, -0.1) is 0 Å². The first-order chi connectivity index (χ1) is 9.99. The molecule has 2 rings (SSSR count). The molecule has 1 atom stereocenters. The first-order valence-electron chi connectivity index (χ1n) is 6.82. The van der Waals surface area contributed by atoms with Gasteiger partial charge in [0.2, 0.25) is 5.91 Å². The van der Waals surface area contributed by atoms with Gasteiger partial charge in [0, 0.05) is 17.0 Å². The van der Waals surface area contributed by atoms with Crippen molar-refractivity contribution in [3.05, 3.63) is 35.6 Å². The summed E-state index contributed by atoms with van der Waals surface area (Å²) in [5.41, 5.74) is 2.73. The van der Waals surface area contributed by atoms with Crippen molar-refractivity contribution in [1.29, 1.82) is 0 Å². The van der Waals surface area contributed by atoms with Crippen LogP contribution in [0.25, 0.3) is 11.0 Å². The van der Waals surface area contributed by atoms with E-state index in [2.05, 4.69) is 10.1 Å². The number of ether oxygens (including phenoxy) is 1. The fraction of sp³-hybridized carbons (Fsp3) is 0.375. The Morgan fingerprint density at radius 2 is 2.14 bits per heavy atom. The van der Waals surface area contributed by atoms with Crippen LogP contribution in [0.15, 0.2) is 28.9 Å². The van der Waals surface area contributed by atoms with Gasteiger partial charge in [-0.05, 0) is 25.5 Å². The number of rotatable bonds is 5. The molecular weight excluding hydrogens is 270 g/mol. The Hall–Kier alpha value is -2.30. The lowest BCUT2D eigenvalue weighted by Gasteiger charge is -2.12. The third-order valence-electron chi connectivity index (χ3n) is 3.27. The van der Waals surface area contributed by atoms with E-state index >= 15 is 0 Å². The van der Waals surface area contributed by atoms with Gasteiger partial charge in [-0.1, -0.05) is 12.1 Å². The molecule has 0 spiro atoms. The number of fused-ring (bicyclic) bond motifs is 1. The molecule has 0 saturated heterocycles. The van der Waals surface area contributed by atoms with E-state index in [1.165, 1.54) is 7.11 Å². The van der Waals surface area contributed by atoms with Crippen LogP contribution in [0, 0.1) is 6.92 Å². The molecule has 1 aromatic heterocycles. The number of esters is 1. The average molecular weight is 289 g/mol. The van der Waals surface area contributed by atoms with Gasteiger partial charge in [0.05, 0.1) is 26.2 Å². The van der Waals surface area contributed by atoms with Gasteiger partial charge in [-0.2, -0.15) is 0 Å². The highest BCUT2D eigenvalue weighted by Crippen LogP contribution is 2.22. The Bertz CT molecular complexity index is 659. The highest BCUT2D eigenvalue weighted by atomic mass is 16.5. The minimum Gasteiger partial charge on any atom is -0.469 e. The zero-order chi connectivity index (χ0) is 15.4. The number of hydrogen-bond donors (Lipinski definition) is 1. The third-order valence-corrected chi connectivity index (χ3v) is 3.27. The Morgan fingerprint density at radius 3 is 2.86 bits per heavy atom. The van der Waals surface area contributed by atoms with E-state index in [-0.39, 0.29) is 30.8 Å². The van der Waals surface area contributed by atoms with Crippen molar-refractivity contribution in [2.24, 2.45) is 0 Å². The molecule has 0 radical (unpaired) electrons. The number of nitrogens with one attached hydrogen (secondary N) is 1. The molecule has 0 fully saturated rings. The van der Waals surface area contributed by atoms with Crippen LogP contribution in [0.1, 0.15) is 24.5 Å². The van der Waals surface area contributed by atoms with Crippen molar-refractivity contribution in [3.63, 3.8) is 0 Å². The van der Waals surface area contributed by atoms with E-state index < -0.39 is 0 Å². The second kappa shape index (κ2) is 6.43. The molecule has 5 heteroatoms. The number of aryl methyl sites for hydroxylation is 1. The molecule has 0 saturated carbocycles. The van der Waals surface area contributed by atoms with Crippen molar-refractivity contribution in [2.75, 3.05) is 7.11 Å². The average Bonchev–Trinajstić information content (AvgIpc) is 2.80. The summed E-state index contributed by atoms with van der Waals surface area (Å²) < 4.78 is 10.0. The number of benzene rings is 1. The van der Waals surface area contributed by atoms with E-state index in [4.69, 9.17) is 4.42 Å². The summed E-state index contributed by atoms with van der Waals surface area (Å²) in [6.07, 6.45) is 1.99. The minimum absolute atomic E-state index is 0.144. The third kappa shape index (κ3) is 3.84. The van der Waals surface area contributed by atoms with E-state index in [0.29, 0.717) is 0 Å². The van der Waals surface area contributed by atoms with Crippen LogP contribution < -0.4 is 5.32 Å². The number of carbonyl (C=O) groups excluding carboxylic acids is 2. The first kappa shape index (κ1) is 15.1. The molecular formula is C16H19NO4. The van der Waals surface area contributed by atoms with Crippen LogP contribution >= 0.6 is 0 Å². The smallest absolute Gasteiger partial charge is 0.307 e. The predicted molar refractivity (Wildman–Crippen MR) is 78.9 cm³/mol. The molecule has 2 aromatic rings. The minimum atomic E-state index is -0.341. The number of furan rings is 1. The van der Waals surface area contributed by atoms with Gasteiger partial charge in [0.1, 0.15) is 5.58 Å². The maximum absolute atomic E-state index is 12.0. The normalized spacial score (nSPS) is 12.1. The zero-order valence-electron chi connectivity index (χ0n) is 12.4. The Balaban J connectivity index is 2.00. The lowest BCUT2D eigenvalue weighted by Crippen LogP contribution is -2.35. The summed E-state index contributed by atoms with van der Waals surface area (Å²) >= 11 is 0. The van der Waals surface area contributed by atoms with Crippen molar-refractivity contribution < 1.29 is 18.7 Å². The Kier molecular flexibility index (Phi) is 4.62. The maximum Gasteiger partial charge on any atom is 0.307 e. The van der Waals surface area contributed by atoms with E-state index in [0.717, 1.165) is 22.1 Å². The van der Waals surface area contributed by atoms with Crippen molar-refractivity contribution >= 4 is 22.8 Å². The predicted octanol–water partition coefficient (Wildman–Crippen LogP) is 2.35. The molecule has 1 aromatic carbocycles. The lowest BCUT2D eigenvalue weighted by atomic mass is 10.1. The lowest BCUT2D eigenvalue weighted by molar-refractivity contribution is -0.141. The largest absolute Gasteiger partial charge is 0.469 e. The number of hydrogen-bond acceptors (Lipinski definition) is 4. The molecule has 0 bridgehead atoms. The van der Waals surface area contributed by atoms with Gasteiger partial charge < -0.3 is 14.5 Å². The molecule has 1 N–H and O–H groups in total. The van der Waals surface area contributed by atoms with Gasteiger partial charge in [-0.25, -0.2) is 0 Å². The molecule has 1 amide bonds. The van der Waals surface area contributed by atoms with E-state index in [1.807, 2.05) is 25.1 Å². The zero-order valence-corrected chi connectivity index (χ0v) is 12.4. The summed E-state index contributed by atoms with van der Waals surface area (Å²) in [7, 11) is 1.33. The fourth-order valence-corrected chi connectivity index (χ4v) is 2.21. The highest BCUT2D eigenvalue weighted by Gasteiger charge is 2.14. The second-order valence-electron chi connectivity index (χ2n) is 5.19. The molecule has 21 heavy (non-hydrogen) atoms. The Labute approximate surface area is 123 Å². The molecule has 0 aliphatic rings. The summed E-state index contributed by atoms with van der Waals surface area (Å²) in [4.78, 5) is 23.1. The van der Waals surface area contributed by atoms with Gasteiger partial charge in [0.25, 0.3) is 0 Å². The maximum atomic E-state index is 12.0. The summed E-state index contributed by atoms with van der Waals surface area (Å²) in [5, 5.41) is 3.72. The van der Waals surface area contributed by atoms with Crippen LogP contribution in [-0.2, 0) is 20.7 Å². The van der Waals surface area contributed by atoms with Crippen molar-refractivity contribution in [1.82, 2.24) is 5.32 Å². The van der Waals surface area contributed by atoms with Gasteiger partial charge in [-0.3, -0.25) is 9.59 Å². The summed E-state index contributed by atoms with van der Waals surface area (Å²) in [5.74, 6) is -0.485. The molecule has 5 nitrogen and oxygen atoms in total. The Morgan fingerprint density at radius 1 is 1.38 bits per heavy atom. The van der Waals surface area contributed by atoms with E-state index in [1.54, 1.807) is 13.2 Å². The van der Waals surface area contributed by atoms with Crippen LogP contribution in [0.4, 0.5) is 0 Å². The number of methoxy groups -OCH3 is 1.